The van der Waals surface area contributed by atoms with Crippen molar-refractivity contribution >= 4 is 26.9 Å². The zero-order chi connectivity index (χ0) is 20.1. The molecule has 0 unspecified atom stereocenters. The van der Waals surface area contributed by atoms with E-state index in [0.717, 1.165) is 23.3 Å². The molecule has 0 saturated carbocycles. The first-order valence-corrected chi connectivity index (χ1v) is 10.3. The minimum atomic E-state index is -3.78. The van der Waals surface area contributed by atoms with Gasteiger partial charge in [0.1, 0.15) is 5.82 Å². The maximum Gasteiger partial charge on any atom is 0.338 e. The predicted octanol–water partition coefficient (Wildman–Crippen LogP) is 3.11. The molecule has 1 atom stereocenters. The molecule has 0 saturated heterocycles. The van der Waals surface area contributed by atoms with E-state index < -0.39 is 21.8 Å². The van der Waals surface area contributed by atoms with Crippen molar-refractivity contribution in [1.29, 1.82) is 0 Å². The van der Waals surface area contributed by atoms with Gasteiger partial charge in [0.2, 0.25) is 10.0 Å². The molecule has 0 radical (unpaired) electrons. The third-order valence-electron chi connectivity index (χ3n) is 5.40. The van der Waals surface area contributed by atoms with Gasteiger partial charge in [-0.05, 0) is 43.2 Å². The summed E-state index contributed by atoms with van der Waals surface area (Å²) in [6.07, 6.45) is 0.970. The molecule has 2 heterocycles. The van der Waals surface area contributed by atoms with Crippen LogP contribution in [-0.2, 0) is 23.0 Å². The fraction of sp³-hybridized carbons (Fsp3) is 0.250. The number of carboxylic acids is 1. The fourth-order valence-corrected chi connectivity index (χ4v) is 5.31. The van der Waals surface area contributed by atoms with Crippen molar-refractivity contribution in [3.05, 3.63) is 65.6 Å². The summed E-state index contributed by atoms with van der Waals surface area (Å²) >= 11 is 0. The Balaban J connectivity index is 1.72. The maximum atomic E-state index is 13.2. The Morgan fingerprint density at radius 2 is 1.86 bits per heavy atom. The van der Waals surface area contributed by atoms with Crippen LogP contribution >= 0.6 is 0 Å². The molecule has 3 aromatic rings. The molecule has 6 nitrogen and oxygen atoms in total. The van der Waals surface area contributed by atoms with E-state index in [9.17, 15) is 22.7 Å². The van der Waals surface area contributed by atoms with Crippen LogP contribution in [0, 0.1) is 5.82 Å². The summed E-state index contributed by atoms with van der Waals surface area (Å²) in [5.41, 5.74) is 1.79. The lowest BCUT2D eigenvalue weighted by molar-refractivity contribution is 0.0696. The van der Waals surface area contributed by atoms with Gasteiger partial charge >= 0.3 is 5.97 Å². The number of benzene rings is 2. The number of halogens is 1. The predicted molar refractivity (Wildman–Crippen MR) is 102 cm³/mol. The van der Waals surface area contributed by atoms with Crippen LogP contribution in [0.1, 0.15) is 22.5 Å². The molecule has 0 aliphatic carbocycles. The number of rotatable bonds is 4. The van der Waals surface area contributed by atoms with Crippen molar-refractivity contribution in [2.24, 2.45) is 0 Å². The summed E-state index contributed by atoms with van der Waals surface area (Å²) in [5, 5.41) is 10.3. The standard InChI is InChI=1S/C20H19FN2O4S/c1-22(28(26,27)15-9-6-13(21)7-10-15)14-8-11-18-19(20(24)25)16-4-2-3-5-17(16)23(18)12-14/h2-7,9-10,14H,8,11-12H2,1H3,(H,24,25)/t14-/m1/s1. The lowest BCUT2D eigenvalue weighted by atomic mass is 10.0. The number of carbonyl (C=O) groups is 1. The Bertz CT molecular complexity index is 1170. The van der Waals surface area contributed by atoms with Crippen molar-refractivity contribution in [1.82, 2.24) is 8.87 Å². The number of hydrogen-bond acceptors (Lipinski definition) is 3. The average molecular weight is 402 g/mol. The highest BCUT2D eigenvalue weighted by molar-refractivity contribution is 7.89. The van der Waals surface area contributed by atoms with Crippen molar-refractivity contribution in [2.75, 3.05) is 7.05 Å². The van der Waals surface area contributed by atoms with Gasteiger partial charge in [-0.25, -0.2) is 17.6 Å². The number of aromatic nitrogens is 1. The molecular weight excluding hydrogens is 383 g/mol. The minimum Gasteiger partial charge on any atom is -0.478 e. The Morgan fingerprint density at radius 3 is 2.54 bits per heavy atom. The van der Waals surface area contributed by atoms with Crippen molar-refractivity contribution in [3.63, 3.8) is 0 Å². The van der Waals surface area contributed by atoms with Crippen LogP contribution in [0.4, 0.5) is 4.39 Å². The second-order valence-electron chi connectivity index (χ2n) is 6.92. The Kier molecular flexibility index (Phi) is 4.47. The van der Waals surface area contributed by atoms with Crippen LogP contribution in [0.5, 0.6) is 0 Å². The number of likely N-dealkylation sites (N-methyl/N-ethyl adjacent to an activating group) is 1. The Labute approximate surface area is 161 Å². The van der Waals surface area contributed by atoms with Gasteiger partial charge in [0, 0.05) is 36.2 Å². The van der Waals surface area contributed by atoms with E-state index in [1.54, 1.807) is 12.1 Å². The number of sulfonamides is 1. The Morgan fingerprint density at radius 1 is 1.18 bits per heavy atom. The quantitative estimate of drug-likeness (QED) is 0.727. The summed E-state index contributed by atoms with van der Waals surface area (Å²) in [4.78, 5) is 11.8. The highest BCUT2D eigenvalue weighted by Gasteiger charge is 2.34. The molecule has 1 aliphatic heterocycles. The van der Waals surface area contributed by atoms with Crippen LogP contribution in [0.2, 0.25) is 0 Å². The van der Waals surface area contributed by atoms with Crippen molar-refractivity contribution < 1.29 is 22.7 Å². The number of nitrogens with zero attached hydrogens (tertiary/aromatic N) is 2. The molecule has 1 aliphatic rings. The lowest BCUT2D eigenvalue weighted by Crippen LogP contribution is -2.42. The monoisotopic (exact) mass is 402 g/mol. The fourth-order valence-electron chi connectivity index (χ4n) is 3.93. The van der Waals surface area contributed by atoms with Gasteiger partial charge in [-0.15, -0.1) is 0 Å². The molecule has 0 fully saturated rings. The normalized spacial score (nSPS) is 17.0. The molecule has 0 spiro atoms. The SMILES string of the molecule is CN([C@@H]1CCc2c(C(=O)O)c3ccccc3n2C1)S(=O)(=O)c1ccc(F)cc1. The van der Waals surface area contributed by atoms with Gasteiger partial charge < -0.3 is 9.67 Å². The van der Waals surface area contributed by atoms with E-state index in [4.69, 9.17) is 0 Å². The van der Waals surface area contributed by atoms with Crippen molar-refractivity contribution in [3.8, 4) is 0 Å². The van der Waals surface area contributed by atoms with Gasteiger partial charge in [-0.2, -0.15) is 4.31 Å². The molecule has 0 bridgehead atoms. The van der Waals surface area contributed by atoms with Crippen LogP contribution < -0.4 is 0 Å². The van der Waals surface area contributed by atoms with Crippen molar-refractivity contribution in [2.45, 2.75) is 30.3 Å². The second kappa shape index (κ2) is 6.72. The summed E-state index contributed by atoms with van der Waals surface area (Å²) < 4.78 is 42.2. The third-order valence-corrected chi connectivity index (χ3v) is 7.33. The zero-order valence-electron chi connectivity index (χ0n) is 15.2. The van der Waals surface area contributed by atoms with E-state index in [-0.39, 0.29) is 16.5 Å². The smallest absolute Gasteiger partial charge is 0.338 e. The highest BCUT2D eigenvalue weighted by Crippen LogP contribution is 2.33. The first-order valence-electron chi connectivity index (χ1n) is 8.87. The van der Waals surface area contributed by atoms with Gasteiger partial charge in [-0.3, -0.25) is 0 Å². The number of aromatic carboxylic acids is 1. The molecule has 146 valence electrons. The second-order valence-corrected chi connectivity index (χ2v) is 8.92. The lowest BCUT2D eigenvalue weighted by Gasteiger charge is -2.32. The van der Waals surface area contributed by atoms with Crippen LogP contribution in [0.15, 0.2) is 53.4 Å². The van der Waals surface area contributed by atoms with Crippen LogP contribution in [0.25, 0.3) is 10.9 Å². The molecule has 28 heavy (non-hydrogen) atoms. The number of hydrogen-bond donors (Lipinski definition) is 1. The first kappa shape index (κ1) is 18.6. The van der Waals surface area contributed by atoms with E-state index in [1.807, 2.05) is 16.7 Å². The highest BCUT2D eigenvalue weighted by atomic mass is 32.2. The largest absolute Gasteiger partial charge is 0.478 e. The summed E-state index contributed by atoms with van der Waals surface area (Å²) in [5.74, 6) is -1.47. The zero-order valence-corrected chi connectivity index (χ0v) is 16.0. The Hall–Kier alpha value is -2.71. The van der Waals surface area contributed by atoms with Crippen LogP contribution in [0.3, 0.4) is 0 Å². The molecular formula is C20H19FN2O4S. The molecule has 4 rings (SSSR count). The maximum absolute atomic E-state index is 13.2. The average Bonchev–Trinajstić information content (AvgIpc) is 3.01. The number of fused-ring (bicyclic) bond motifs is 3. The summed E-state index contributed by atoms with van der Waals surface area (Å²) in [6, 6.07) is 11.7. The molecule has 2 aromatic carbocycles. The topological polar surface area (TPSA) is 79.6 Å². The van der Waals surface area contributed by atoms with Gasteiger partial charge in [0.05, 0.1) is 10.5 Å². The third kappa shape index (κ3) is 2.89. The van der Waals surface area contributed by atoms with E-state index in [0.29, 0.717) is 24.8 Å². The van der Waals surface area contributed by atoms with Gasteiger partial charge in [0.25, 0.3) is 0 Å². The van der Waals surface area contributed by atoms with E-state index >= 15 is 0 Å². The van der Waals surface area contributed by atoms with E-state index in [2.05, 4.69) is 0 Å². The molecule has 1 N–H and O–H groups in total. The minimum absolute atomic E-state index is 0.0331. The van der Waals surface area contributed by atoms with Crippen LogP contribution in [-0.4, -0.2) is 41.5 Å². The molecule has 0 amide bonds. The van der Waals surface area contributed by atoms with E-state index in [1.165, 1.54) is 23.5 Å². The number of carboxylic acid groups (broad SMARTS) is 1. The summed E-state index contributed by atoms with van der Waals surface area (Å²) in [7, 11) is -2.27. The number of para-hydroxylation sites is 1. The first-order chi connectivity index (χ1) is 13.3. The van der Waals surface area contributed by atoms with Gasteiger partial charge in [-0.1, -0.05) is 18.2 Å². The molecule has 8 heteroatoms. The molecule has 1 aromatic heterocycles. The van der Waals surface area contributed by atoms with Gasteiger partial charge in [0.15, 0.2) is 0 Å². The summed E-state index contributed by atoms with van der Waals surface area (Å²) in [6.45, 7) is 0.361.